The van der Waals surface area contributed by atoms with Crippen molar-refractivity contribution in [3.05, 3.63) is 0 Å². The molecule has 0 atom stereocenters. The van der Waals surface area contributed by atoms with Crippen molar-refractivity contribution in [3.63, 3.8) is 0 Å². The van der Waals surface area contributed by atoms with Crippen LogP contribution in [0.4, 0.5) is 0 Å². The molecule has 37 heteroatoms. The van der Waals surface area contributed by atoms with E-state index in [0.717, 1.165) is 0 Å². The van der Waals surface area contributed by atoms with Crippen LogP contribution in [0.1, 0.15) is 0 Å². The quantitative estimate of drug-likeness (QED) is 0.0820. The molecule has 0 radical (unpaired) electrons. The van der Waals surface area contributed by atoms with Crippen molar-refractivity contribution < 1.29 is 132 Å². The molecule has 0 rings (SSSR count). The Morgan fingerprint density at radius 2 is 0.297 bits per heavy atom. The maximum Gasteiger partial charge on any atom is 0.478 e. The topological polar surface area (TPSA) is 497 Å². The Labute approximate surface area is 206 Å². The molecule has 0 saturated carbocycles. The molecule has 0 saturated heterocycles. The third kappa shape index (κ3) is 72.6. The van der Waals surface area contributed by atoms with Gasteiger partial charge in [0.25, 0.3) is 0 Å². The fourth-order valence-corrected chi connectivity index (χ4v) is 4.99. The number of hydrogen-bond acceptors (Lipinski definition) is 12. The highest BCUT2D eigenvalue weighted by molar-refractivity contribution is 7.61. The van der Waals surface area contributed by atoms with Gasteiger partial charge in [-0.25, -0.2) is 36.5 Å². The standard InChI is InChI=1S/4H4O7P2.H4Si/c4*1-8(2,3)7-9(4,5)6;/h4*(H2,1,2,3)(H2,4,5,6);1H4. The summed E-state index contributed by atoms with van der Waals surface area (Å²) in [6.45, 7) is 0. The zero-order valence-electron chi connectivity index (χ0n) is 15.6. The van der Waals surface area contributed by atoms with Crippen molar-refractivity contribution in [1.29, 1.82) is 0 Å². The van der Waals surface area contributed by atoms with Crippen molar-refractivity contribution >= 4 is 73.5 Å². The second-order valence-corrected chi connectivity index (χ2v) is 14.7. The van der Waals surface area contributed by atoms with Crippen LogP contribution in [-0.4, -0.2) is 89.3 Å². The van der Waals surface area contributed by atoms with Crippen LogP contribution in [0.3, 0.4) is 0 Å². The highest BCUT2D eigenvalue weighted by Gasteiger charge is 2.30. The second kappa shape index (κ2) is 17.3. The van der Waals surface area contributed by atoms with E-state index in [0.29, 0.717) is 0 Å². The minimum atomic E-state index is -5.05. The SMILES string of the molecule is O=P(O)(O)OP(=O)(O)O.O=P(O)(O)OP(=O)(O)O.O=P(O)(O)OP(=O)(O)O.O=P(O)(O)OP(=O)(O)O.[SiH4]. The van der Waals surface area contributed by atoms with E-state index in [-0.39, 0.29) is 11.0 Å². The maximum atomic E-state index is 9.63. The largest absolute Gasteiger partial charge is 0.478 e. The van der Waals surface area contributed by atoms with Crippen LogP contribution in [-0.2, 0) is 53.8 Å². The van der Waals surface area contributed by atoms with Gasteiger partial charge in [0.15, 0.2) is 0 Å². The van der Waals surface area contributed by atoms with Crippen molar-refractivity contribution in [2.24, 2.45) is 0 Å². The maximum absolute atomic E-state index is 9.63. The van der Waals surface area contributed by atoms with E-state index in [2.05, 4.69) is 17.2 Å². The smallest absolute Gasteiger partial charge is 0.302 e. The van der Waals surface area contributed by atoms with E-state index >= 15 is 0 Å². The van der Waals surface area contributed by atoms with E-state index in [1.54, 1.807) is 0 Å². The summed E-state index contributed by atoms with van der Waals surface area (Å²) in [6, 6.07) is 0. The molecule has 0 unspecified atom stereocenters. The van der Waals surface area contributed by atoms with Crippen LogP contribution in [0.2, 0.25) is 0 Å². The average Bonchev–Trinajstić information content (AvgIpc) is 2.19. The van der Waals surface area contributed by atoms with Gasteiger partial charge in [-0.1, -0.05) is 0 Å². The number of rotatable bonds is 8. The molecule has 0 aromatic heterocycles. The summed E-state index contributed by atoms with van der Waals surface area (Å²) in [5.74, 6) is 0. The molecule has 0 fully saturated rings. The van der Waals surface area contributed by atoms with Crippen molar-refractivity contribution in [2.75, 3.05) is 0 Å². The van der Waals surface area contributed by atoms with Crippen molar-refractivity contribution in [2.45, 2.75) is 0 Å². The molecule has 0 bridgehead atoms. The zero-order valence-corrected chi connectivity index (χ0v) is 22.8. The second-order valence-electron chi connectivity index (χ2n) is 4.25. The first kappa shape index (κ1) is 48.0. The zero-order chi connectivity index (χ0) is 30.8. The lowest BCUT2D eigenvalue weighted by molar-refractivity contribution is 0.221. The van der Waals surface area contributed by atoms with Gasteiger partial charge in [0.05, 0.1) is 0 Å². The summed E-state index contributed by atoms with van der Waals surface area (Å²) in [4.78, 5) is 124. The Bertz CT molecular complexity index is 764. The summed E-state index contributed by atoms with van der Waals surface area (Å²) in [7, 11) is -40.4. The van der Waals surface area contributed by atoms with Gasteiger partial charge in [0.1, 0.15) is 0 Å². The fraction of sp³-hybridized carbons (Fsp3) is 0. The lowest BCUT2D eigenvalue weighted by Gasteiger charge is -2.03. The van der Waals surface area contributed by atoms with Gasteiger partial charge in [-0.05, 0) is 11.0 Å². The van der Waals surface area contributed by atoms with E-state index in [4.69, 9.17) is 78.3 Å². The Balaban J connectivity index is -0.000000122. The molecule has 0 aliphatic carbocycles. The molecule has 0 spiro atoms. The molecule has 0 aromatic rings. The first-order valence-electron chi connectivity index (χ1n) is 6.12. The van der Waals surface area contributed by atoms with Gasteiger partial charge in [-0.15, -0.1) is 0 Å². The normalized spacial score (nSPS) is 13.4. The van der Waals surface area contributed by atoms with E-state index in [1.165, 1.54) is 0 Å². The van der Waals surface area contributed by atoms with Crippen molar-refractivity contribution in [1.82, 2.24) is 0 Å². The molecule has 37 heavy (non-hydrogen) atoms. The number of hydrogen-bond donors (Lipinski definition) is 16. The predicted octanol–water partition coefficient (Wildman–Crippen LogP) is -4.70. The summed E-state index contributed by atoms with van der Waals surface area (Å²) in [6.07, 6.45) is 0. The molecule has 28 nitrogen and oxygen atoms in total. The third-order valence-corrected chi connectivity index (χ3v) is 7.66. The third-order valence-electron chi connectivity index (χ3n) is 0.851. The summed E-state index contributed by atoms with van der Waals surface area (Å²) >= 11 is 0. The molecular weight excluding hydrogens is 724 g/mol. The summed E-state index contributed by atoms with van der Waals surface area (Å²) in [5, 5.41) is 0. The molecule has 0 aromatic carbocycles. The number of phosphoric acid groups is 8. The van der Waals surface area contributed by atoms with Crippen LogP contribution < -0.4 is 0 Å². The molecule has 16 N–H and O–H groups in total. The lowest BCUT2D eigenvalue weighted by Crippen LogP contribution is -1.84. The lowest BCUT2D eigenvalue weighted by atomic mass is 15.7. The highest BCUT2D eigenvalue weighted by Crippen LogP contribution is 2.55. The van der Waals surface area contributed by atoms with Crippen LogP contribution >= 0.6 is 62.6 Å². The first-order valence-corrected chi connectivity index (χ1v) is 18.4. The highest BCUT2D eigenvalue weighted by atomic mass is 31.3. The molecule has 0 aliphatic rings. The first-order chi connectivity index (χ1) is 14.8. The van der Waals surface area contributed by atoms with Crippen LogP contribution in [0, 0.1) is 0 Å². The monoisotopic (exact) mass is 744 g/mol. The van der Waals surface area contributed by atoms with Gasteiger partial charge < -0.3 is 78.3 Å². The van der Waals surface area contributed by atoms with Gasteiger partial charge in [-0.2, -0.15) is 17.2 Å². The predicted molar refractivity (Wildman–Crippen MR) is 112 cm³/mol. The molecule has 0 aliphatic heterocycles. The van der Waals surface area contributed by atoms with Crippen molar-refractivity contribution in [3.8, 4) is 0 Å². The van der Waals surface area contributed by atoms with Gasteiger partial charge in [0, 0.05) is 0 Å². The van der Waals surface area contributed by atoms with Gasteiger partial charge >= 0.3 is 62.6 Å². The Morgan fingerprint density at radius 1 is 0.243 bits per heavy atom. The van der Waals surface area contributed by atoms with E-state index < -0.39 is 62.6 Å². The van der Waals surface area contributed by atoms with Crippen LogP contribution in [0.5, 0.6) is 0 Å². The molecular formula is H20O28P8Si. The van der Waals surface area contributed by atoms with Gasteiger partial charge in [-0.3, -0.25) is 0 Å². The van der Waals surface area contributed by atoms with Crippen LogP contribution in [0.15, 0.2) is 0 Å². The molecule has 0 amide bonds. The molecule has 0 heterocycles. The summed E-state index contributed by atoms with van der Waals surface area (Å²) in [5.41, 5.74) is 0. The Morgan fingerprint density at radius 3 is 0.297 bits per heavy atom. The Hall–Kier alpha value is 1.26. The van der Waals surface area contributed by atoms with Crippen LogP contribution in [0.25, 0.3) is 0 Å². The van der Waals surface area contributed by atoms with E-state index in [1.807, 2.05) is 0 Å². The molecule has 232 valence electrons. The summed E-state index contributed by atoms with van der Waals surface area (Å²) < 4.78 is 88.8. The average molecular weight is 744 g/mol. The van der Waals surface area contributed by atoms with E-state index in [9.17, 15) is 36.5 Å². The fourth-order valence-electron chi connectivity index (χ4n) is 0.554. The van der Waals surface area contributed by atoms with Gasteiger partial charge in [0.2, 0.25) is 0 Å². The minimum absolute atomic E-state index is 0. The Kier molecular flexibility index (Phi) is 22.4. The minimum Gasteiger partial charge on any atom is -0.302 e.